The first kappa shape index (κ1) is 18.8. The Labute approximate surface area is 149 Å². The summed E-state index contributed by atoms with van der Waals surface area (Å²) in [6, 6.07) is 11.7. The smallest absolute Gasteiger partial charge is 0.117 e. The van der Waals surface area contributed by atoms with E-state index in [-0.39, 0.29) is 5.92 Å². The molecule has 0 bridgehead atoms. The van der Waals surface area contributed by atoms with E-state index in [0.29, 0.717) is 12.3 Å². The minimum atomic E-state index is 0.179. The van der Waals surface area contributed by atoms with Crippen LogP contribution in [0, 0.1) is 18.3 Å². The molecule has 0 aliphatic heterocycles. The molecule has 0 aliphatic rings. The van der Waals surface area contributed by atoms with Gasteiger partial charge in [0.05, 0.1) is 17.1 Å². The highest BCUT2D eigenvalue weighted by Gasteiger charge is 2.08. The summed E-state index contributed by atoms with van der Waals surface area (Å²) in [5.41, 5.74) is 4.88. The Kier molecular flexibility index (Phi) is 6.81. The van der Waals surface area contributed by atoms with Crippen molar-refractivity contribution in [2.45, 2.75) is 40.5 Å². The van der Waals surface area contributed by atoms with Gasteiger partial charge in [0.25, 0.3) is 0 Å². The van der Waals surface area contributed by atoms with Gasteiger partial charge in [0.1, 0.15) is 12.3 Å². The van der Waals surface area contributed by atoms with Crippen LogP contribution in [0.25, 0.3) is 0 Å². The first-order valence-corrected chi connectivity index (χ1v) is 8.62. The first-order chi connectivity index (χ1) is 12.0. The van der Waals surface area contributed by atoms with E-state index >= 15 is 0 Å². The predicted octanol–water partition coefficient (Wildman–Crippen LogP) is 4.18. The number of oxime groups is 1. The molecule has 0 saturated heterocycles. The Hall–Kier alpha value is -2.56. The third-order valence-electron chi connectivity index (χ3n) is 3.79. The molecule has 2 heterocycles. The quantitative estimate of drug-likeness (QED) is 0.446. The number of nitrogens with one attached hydrogen (secondary N) is 1. The Morgan fingerprint density at radius 2 is 1.84 bits per heavy atom. The van der Waals surface area contributed by atoms with Gasteiger partial charge in [-0.3, -0.25) is 9.97 Å². The number of nitrogens with zero attached hydrogens (tertiary/aromatic N) is 3. The van der Waals surface area contributed by atoms with Crippen LogP contribution in [0.4, 0.5) is 0 Å². The molecule has 25 heavy (non-hydrogen) atoms. The summed E-state index contributed by atoms with van der Waals surface area (Å²) in [4.78, 5) is 14.4. The minimum Gasteiger partial charge on any atom is -0.396 e. The van der Waals surface area contributed by atoms with Crippen molar-refractivity contribution in [3.05, 3.63) is 59.2 Å². The van der Waals surface area contributed by atoms with Crippen LogP contribution in [0.1, 0.15) is 50.0 Å². The third kappa shape index (κ3) is 5.78. The highest BCUT2D eigenvalue weighted by Crippen LogP contribution is 2.08. The monoisotopic (exact) mass is 338 g/mol. The lowest BCUT2D eigenvalue weighted by molar-refractivity contribution is 0.141. The van der Waals surface area contributed by atoms with Gasteiger partial charge >= 0.3 is 0 Å². The molecular formula is C20H26N4O. The standard InChI is InChI=1S/C20H26N4O/c1-14(2)20(21)19-12-6-9-17(23-19)10-7-13-25-24-16(4)18-11-5-8-15(3)22-18/h5-6,8-9,11-12,14,21H,7,10,13H2,1-4H3/b21-20?,24-16+. The van der Waals surface area contributed by atoms with Crippen LogP contribution in [0.5, 0.6) is 0 Å². The second-order valence-electron chi connectivity index (χ2n) is 6.36. The van der Waals surface area contributed by atoms with Gasteiger partial charge in [-0.15, -0.1) is 0 Å². The molecule has 132 valence electrons. The summed E-state index contributed by atoms with van der Waals surface area (Å²) in [6.45, 7) is 8.39. The van der Waals surface area contributed by atoms with E-state index in [0.717, 1.165) is 41.3 Å². The van der Waals surface area contributed by atoms with E-state index in [2.05, 4.69) is 15.1 Å². The van der Waals surface area contributed by atoms with Crippen LogP contribution in [-0.2, 0) is 11.3 Å². The molecule has 0 unspecified atom stereocenters. The molecule has 0 radical (unpaired) electrons. The molecule has 2 aromatic rings. The van der Waals surface area contributed by atoms with E-state index in [1.165, 1.54) is 0 Å². The number of aromatic nitrogens is 2. The van der Waals surface area contributed by atoms with Crippen molar-refractivity contribution >= 4 is 11.4 Å². The highest BCUT2D eigenvalue weighted by molar-refractivity contribution is 5.97. The molecule has 0 aromatic carbocycles. The van der Waals surface area contributed by atoms with Gasteiger partial charge in [0, 0.05) is 11.4 Å². The maximum atomic E-state index is 8.06. The first-order valence-electron chi connectivity index (χ1n) is 8.62. The average molecular weight is 338 g/mol. The largest absolute Gasteiger partial charge is 0.396 e. The molecular weight excluding hydrogens is 312 g/mol. The van der Waals surface area contributed by atoms with E-state index < -0.39 is 0 Å². The van der Waals surface area contributed by atoms with Crippen molar-refractivity contribution in [3.63, 3.8) is 0 Å². The molecule has 2 aromatic heterocycles. The second kappa shape index (κ2) is 9.06. The summed E-state index contributed by atoms with van der Waals surface area (Å²) in [6.07, 6.45) is 1.62. The van der Waals surface area contributed by atoms with E-state index in [9.17, 15) is 0 Å². The van der Waals surface area contributed by atoms with Crippen LogP contribution in [0.2, 0.25) is 0 Å². The Morgan fingerprint density at radius 1 is 1.12 bits per heavy atom. The van der Waals surface area contributed by atoms with Crippen molar-refractivity contribution in [2.24, 2.45) is 11.1 Å². The predicted molar refractivity (Wildman–Crippen MR) is 101 cm³/mol. The SMILES string of the molecule is C/C(=N\OCCCc1cccc(C(=N)C(C)C)n1)c1cccc(C)n1. The molecule has 0 saturated carbocycles. The van der Waals surface area contributed by atoms with Crippen LogP contribution in [-0.4, -0.2) is 28.0 Å². The molecule has 0 aliphatic carbocycles. The van der Waals surface area contributed by atoms with Crippen molar-refractivity contribution < 1.29 is 4.84 Å². The van der Waals surface area contributed by atoms with Crippen LogP contribution < -0.4 is 0 Å². The van der Waals surface area contributed by atoms with Crippen molar-refractivity contribution in [1.29, 1.82) is 5.41 Å². The van der Waals surface area contributed by atoms with Gasteiger partial charge < -0.3 is 10.2 Å². The zero-order valence-corrected chi connectivity index (χ0v) is 15.4. The normalized spacial score (nSPS) is 11.6. The second-order valence-corrected chi connectivity index (χ2v) is 6.36. The fraction of sp³-hybridized carbons (Fsp3) is 0.400. The number of rotatable bonds is 8. The zero-order valence-electron chi connectivity index (χ0n) is 15.4. The van der Waals surface area contributed by atoms with Crippen LogP contribution >= 0.6 is 0 Å². The Balaban J connectivity index is 1.82. The highest BCUT2D eigenvalue weighted by atomic mass is 16.6. The Morgan fingerprint density at radius 3 is 2.56 bits per heavy atom. The van der Waals surface area contributed by atoms with Gasteiger partial charge in [0.15, 0.2) is 0 Å². The number of hydrogen-bond donors (Lipinski definition) is 1. The van der Waals surface area contributed by atoms with Crippen molar-refractivity contribution in [2.75, 3.05) is 6.61 Å². The molecule has 5 heteroatoms. The third-order valence-corrected chi connectivity index (χ3v) is 3.79. The summed E-state index contributed by atoms with van der Waals surface area (Å²) >= 11 is 0. The molecule has 0 amide bonds. The lowest BCUT2D eigenvalue weighted by atomic mass is 10.0. The van der Waals surface area contributed by atoms with Gasteiger partial charge in [-0.25, -0.2) is 0 Å². The fourth-order valence-corrected chi connectivity index (χ4v) is 2.32. The molecule has 0 fully saturated rings. The van der Waals surface area contributed by atoms with E-state index in [1.54, 1.807) is 0 Å². The maximum Gasteiger partial charge on any atom is 0.117 e. The minimum absolute atomic E-state index is 0.179. The molecule has 0 atom stereocenters. The van der Waals surface area contributed by atoms with Gasteiger partial charge in [-0.1, -0.05) is 31.1 Å². The maximum absolute atomic E-state index is 8.06. The molecule has 0 spiro atoms. The van der Waals surface area contributed by atoms with E-state index in [1.807, 2.05) is 64.1 Å². The number of pyridine rings is 2. The summed E-state index contributed by atoms with van der Waals surface area (Å²) in [7, 11) is 0. The lowest BCUT2D eigenvalue weighted by Crippen LogP contribution is -2.10. The zero-order chi connectivity index (χ0) is 18.2. The summed E-state index contributed by atoms with van der Waals surface area (Å²) < 4.78 is 0. The lowest BCUT2D eigenvalue weighted by Gasteiger charge is -2.08. The van der Waals surface area contributed by atoms with Crippen LogP contribution in [0.3, 0.4) is 0 Å². The molecule has 1 N–H and O–H groups in total. The fourth-order valence-electron chi connectivity index (χ4n) is 2.32. The summed E-state index contributed by atoms with van der Waals surface area (Å²) in [5.74, 6) is 0.179. The number of hydrogen-bond acceptors (Lipinski definition) is 5. The molecule has 2 rings (SSSR count). The topological polar surface area (TPSA) is 71.2 Å². The van der Waals surface area contributed by atoms with Crippen molar-refractivity contribution in [3.8, 4) is 0 Å². The van der Waals surface area contributed by atoms with Gasteiger partial charge in [0.2, 0.25) is 0 Å². The summed E-state index contributed by atoms with van der Waals surface area (Å²) in [5, 5.41) is 12.2. The molecule has 5 nitrogen and oxygen atoms in total. The average Bonchev–Trinajstić information content (AvgIpc) is 2.60. The number of aryl methyl sites for hydroxylation is 2. The van der Waals surface area contributed by atoms with Gasteiger partial charge in [-0.05, 0) is 56.9 Å². The van der Waals surface area contributed by atoms with Crippen molar-refractivity contribution in [1.82, 2.24) is 9.97 Å². The Bertz CT molecular complexity index is 753. The van der Waals surface area contributed by atoms with E-state index in [4.69, 9.17) is 10.2 Å². The van der Waals surface area contributed by atoms with Gasteiger partial charge in [-0.2, -0.15) is 0 Å². The van der Waals surface area contributed by atoms with Crippen LogP contribution in [0.15, 0.2) is 41.6 Å².